The fourth-order valence-corrected chi connectivity index (χ4v) is 1.52. The first-order valence-corrected chi connectivity index (χ1v) is 3.82. The summed E-state index contributed by atoms with van der Waals surface area (Å²) in [4.78, 5) is 0. The molecule has 10 heavy (non-hydrogen) atoms. The van der Waals surface area contributed by atoms with Crippen LogP contribution in [-0.4, -0.2) is 0 Å². The second kappa shape index (κ2) is 3.07. The predicted molar refractivity (Wildman–Crippen MR) is 46.1 cm³/mol. The smallest absolute Gasteiger partial charge is 0.0368 e. The minimum atomic E-state index is 0.687. The number of hydrogen-bond acceptors (Lipinski definition) is 0. The number of allylic oxidation sites excluding steroid dienone is 4. The minimum absolute atomic E-state index is 0.687. The molecule has 0 aliphatic heterocycles. The van der Waals surface area contributed by atoms with E-state index in [1.54, 1.807) is 0 Å². The molecule has 0 radical (unpaired) electrons. The Labute approximate surface area is 66.9 Å². The highest BCUT2D eigenvalue weighted by molar-refractivity contribution is 6.31. The zero-order chi connectivity index (χ0) is 7.56. The molecule has 0 unspecified atom stereocenters. The number of rotatable bonds is 2. The van der Waals surface area contributed by atoms with Gasteiger partial charge in [-0.1, -0.05) is 30.8 Å². The van der Waals surface area contributed by atoms with Gasteiger partial charge in [-0.3, -0.25) is 0 Å². The lowest BCUT2D eigenvalue weighted by molar-refractivity contribution is 0.905. The van der Waals surface area contributed by atoms with Crippen molar-refractivity contribution in [3.63, 3.8) is 0 Å². The second-order valence-electron chi connectivity index (χ2n) is 2.47. The Kier molecular flexibility index (Phi) is 2.34. The van der Waals surface area contributed by atoms with E-state index in [0.717, 1.165) is 12.8 Å². The third kappa shape index (κ3) is 1.32. The van der Waals surface area contributed by atoms with Gasteiger partial charge in [0.1, 0.15) is 0 Å². The van der Waals surface area contributed by atoms with Crippen LogP contribution in [0.2, 0.25) is 0 Å². The highest BCUT2D eigenvalue weighted by Gasteiger charge is 2.12. The molecule has 0 aromatic rings. The Bertz CT molecular complexity index is 199. The van der Waals surface area contributed by atoms with Crippen molar-refractivity contribution in [2.24, 2.45) is 0 Å². The summed E-state index contributed by atoms with van der Waals surface area (Å²) in [5.41, 5.74) is 2.48. The van der Waals surface area contributed by atoms with Crippen LogP contribution in [0.15, 0.2) is 35.4 Å². The Morgan fingerprint density at radius 3 is 2.60 bits per heavy atom. The van der Waals surface area contributed by atoms with Crippen LogP contribution in [-0.2, 0) is 0 Å². The average Bonchev–Trinajstić information content (AvgIpc) is 2.33. The van der Waals surface area contributed by atoms with Crippen LogP contribution in [0.1, 0.15) is 19.3 Å². The van der Waals surface area contributed by atoms with Crippen molar-refractivity contribution in [3.05, 3.63) is 35.4 Å². The summed E-state index contributed by atoms with van der Waals surface area (Å²) in [6.07, 6.45) is 5.27. The summed E-state index contributed by atoms with van der Waals surface area (Å²) >= 11 is 5.76. The van der Waals surface area contributed by atoms with Gasteiger partial charge in [-0.05, 0) is 30.4 Å². The van der Waals surface area contributed by atoms with E-state index in [1.807, 2.05) is 6.08 Å². The van der Waals surface area contributed by atoms with Gasteiger partial charge in [-0.2, -0.15) is 0 Å². The van der Waals surface area contributed by atoms with Crippen LogP contribution in [0.3, 0.4) is 0 Å². The molecular formula is C9H11Cl. The minimum Gasteiger partial charge on any atom is -0.0988 e. The molecule has 0 saturated carbocycles. The molecule has 1 aliphatic carbocycles. The summed E-state index contributed by atoms with van der Waals surface area (Å²) in [6, 6.07) is 0. The molecule has 1 aliphatic rings. The van der Waals surface area contributed by atoms with Crippen molar-refractivity contribution >= 4 is 11.6 Å². The molecule has 0 saturated heterocycles. The van der Waals surface area contributed by atoms with Crippen LogP contribution < -0.4 is 0 Å². The molecule has 0 spiro atoms. The summed E-state index contributed by atoms with van der Waals surface area (Å²) in [6.45, 7) is 7.41. The predicted octanol–water partition coefficient (Wildman–Crippen LogP) is 3.41. The average molecular weight is 155 g/mol. The monoisotopic (exact) mass is 154 g/mol. The maximum Gasteiger partial charge on any atom is 0.0368 e. The highest BCUT2D eigenvalue weighted by Crippen LogP contribution is 2.32. The first kappa shape index (κ1) is 7.62. The Morgan fingerprint density at radius 2 is 2.20 bits per heavy atom. The lowest BCUT2D eigenvalue weighted by atomic mass is 10.1. The molecule has 1 rings (SSSR count). The van der Waals surface area contributed by atoms with Crippen molar-refractivity contribution in [2.75, 3.05) is 0 Å². The van der Waals surface area contributed by atoms with Crippen LogP contribution in [0, 0.1) is 0 Å². The Morgan fingerprint density at radius 1 is 1.50 bits per heavy atom. The normalized spacial score (nSPS) is 17.7. The molecule has 0 N–H and O–H groups in total. The van der Waals surface area contributed by atoms with E-state index in [-0.39, 0.29) is 0 Å². The third-order valence-electron chi connectivity index (χ3n) is 1.83. The van der Waals surface area contributed by atoms with Crippen molar-refractivity contribution in [3.8, 4) is 0 Å². The van der Waals surface area contributed by atoms with Gasteiger partial charge in [-0.15, -0.1) is 0 Å². The summed E-state index contributed by atoms with van der Waals surface area (Å²) in [5, 5.41) is 0.687. The van der Waals surface area contributed by atoms with Crippen LogP contribution in [0.5, 0.6) is 0 Å². The van der Waals surface area contributed by atoms with Gasteiger partial charge in [0.25, 0.3) is 0 Å². The summed E-state index contributed by atoms with van der Waals surface area (Å²) in [7, 11) is 0. The molecule has 0 fully saturated rings. The van der Waals surface area contributed by atoms with E-state index >= 15 is 0 Å². The van der Waals surface area contributed by atoms with Crippen LogP contribution in [0.25, 0.3) is 0 Å². The number of halogens is 1. The third-order valence-corrected chi connectivity index (χ3v) is 2.06. The first-order chi connectivity index (χ1) is 4.75. The second-order valence-corrected chi connectivity index (χ2v) is 2.92. The molecule has 0 aromatic carbocycles. The fourth-order valence-electron chi connectivity index (χ4n) is 1.30. The van der Waals surface area contributed by atoms with Gasteiger partial charge in [-0.25, -0.2) is 0 Å². The Hall–Kier alpha value is -0.490. The van der Waals surface area contributed by atoms with Crippen molar-refractivity contribution in [1.29, 1.82) is 0 Å². The molecule has 1 heteroatoms. The van der Waals surface area contributed by atoms with E-state index in [9.17, 15) is 0 Å². The molecular weight excluding hydrogens is 144 g/mol. The molecule has 0 amide bonds. The maximum absolute atomic E-state index is 5.76. The van der Waals surface area contributed by atoms with Gasteiger partial charge in [0.2, 0.25) is 0 Å². The van der Waals surface area contributed by atoms with E-state index in [2.05, 4.69) is 13.2 Å². The molecule has 0 bridgehead atoms. The topological polar surface area (TPSA) is 0 Å². The zero-order valence-electron chi connectivity index (χ0n) is 5.99. The van der Waals surface area contributed by atoms with Crippen molar-refractivity contribution in [2.45, 2.75) is 19.3 Å². The van der Waals surface area contributed by atoms with Crippen LogP contribution in [0.4, 0.5) is 0 Å². The molecule has 0 heterocycles. The molecule has 0 atom stereocenters. The van der Waals surface area contributed by atoms with Gasteiger partial charge >= 0.3 is 0 Å². The van der Waals surface area contributed by atoms with Gasteiger partial charge in [0, 0.05) is 5.03 Å². The molecule has 0 nitrogen and oxygen atoms in total. The van der Waals surface area contributed by atoms with E-state index in [4.69, 9.17) is 11.6 Å². The maximum atomic E-state index is 5.76. The fraction of sp³-hybridized carbons (Fsp3) is 0.333. The van der Waals surface area contributed by atoms with Crippen molar-refractivity contribution < 1.29 is 0 Å². The SMILES string of the molecule is C=CC1=C(C(=C)Cl)CCC1. The zero-order valence-corrected chi connectivity index (χ0v) is 6.75. The van der Waals surface area contributed by atoms with E-state index in [0.29, 0.717) is 5.03 Å². The first-order valence-electron chi connectivity index (χ1n) is 3.45. The van der Waals surface area contributed by atoms with Crippen LogP contribution >= 0.6 is 11.6 Å². The number of hydrogen-bond donors (Lipinski definition) is 0. The van der Waals surface area contributed by atoms with Gasteiger partial charge in [0.15, 0.2) is 0 Å². The van der Waals surface area contributed by atoms with Gasteiger partial charge in [0.05, 0.1) is 0 Å². The largest absolute Gasteiger partial charge is 0.0988 e. The summed E-state index contributed by atoms with van der Waals surface area (Å²) < 4.78 is 0. The molecule has 0 aromatic heterocycles. The van der Waals surface area contributed by atoms with Crippen molar-refractivity contribution in [1.82, 2.24) is 0 Å². The van der Waals surface area contributed by atoms with E-state index in [1.165, 1.54) is 17.6 Å². The lowest BCUT2D eigenvalue weighted by Gasteiger charge is -1.98. The van der Waals surface area contributed by atoms with E-state index < -0.39 is 0 Å². The summed E-state index contributed by atoms with van der Waals surface area (Å²) in [5.74, 6) is 0. The van der Waals surface area contributed by atoms with Gasteiger partial charge < -0.3 is 0 Å². The molecule has 54 valence electrons. The standard InChI is InChI=1S/C9H11Cl/c1-3-8-5-4-6-9(8)7(2)10/h3H,1-2,4-6H2. The lowest BCUT2D eigenvalue weighted by Crippen LogP contribution is -1.78. The quantitative estimate of drug-likeness (QED) is 0.572. The Balaban J connectivity index is 2.88. The highest BCUT2D eigenvalue weighted by atomic mass is 35.5.